The van der Waals surface area contributed by atoms with Crippen LogP contribution in [-0.2, 0) is 14.8 Å². The fraction of sp³-hybridized carbons (Fsp3) is 0.909. The third-order valence-electron chi connectivity index (χ3n) is 3.77. The molecule has 1 atom stereocenters. The molecule has 7 heteroatoms. The van der Waals surface area contributed by atoms with E-state index < -0.39 is 16.0 Å². The zero-order valence-corrected chi connectivity index (χ0v) is 11.2. The third-order valence-corrected chi connectivity index (χ3v) is 5.61. The molecule has 2 fully saturated rings. The van der Waals surface area contributed by atoms with Crippen molar-refractivity contribution in [1.29, 1.82) is 0 Å². The molecule has 0 saturated carbocycles. The molecule has 6 nitrogen and oxygen atoms in total. The molecule has 0 aromatic heterocycles. The van der Waals surface area contributed by atoms with Crippen LogP contribution in [-0.4, -0.2) is 66.7 Å². The van der Waals surface area contributed by atoms with Crippen molar-refractivity contribution in [2.24, 2.45) is 0 Å². The molecular formula is C11H20N2O4S. The molecule has 0 spiro atoms. The van der Waals surface area contributed by atoms with Crippen molar-refractivity contribution in [3.8, 4) is 0 Å². The zero-order valence-electron chi connectivity index (χ0n) is 10.4. The third kappa shape index (κ3) is 3.21. The number of piperazine rings is 1. The molecule has 2 aliphatic rings. The van der Waals surface area contributed by atoms with Crippen molar-refractivity contribution in [2.75, 3.05) is 31.9 Å². The van der Waals surface area contributed by atoms with E-state index in [1.165, 1.54) is 10.7 Å². The summed E-state index contributed by atoms with van der Waals surface area (Å²) in [6, 6.07) is 0.326. The minimum atomic E-state index is -3.40. The Kier molecular flexibility index (Phi) is 4.24. The van der Waals surface area contributed by atoms with Crippen molar-refractivity contribution in [1.82, 2.24) is 9.21 Å². The van der Waals surface area contributed by atoms with Gasteiger partial charge in [0.1, 0.15) is 0 Å². The highest BCUT2D eigenvalue weighted by Crippen LogP contribution is 2.22. The number of piperidine rings is 1. The Morgan fingerprint density at radius 2 is 2.00 bits per heavy atom. The second-order valence-electron chi connectivity index (χ2n) is 5.00. The summed E-state index contributed by atoms with van der Waals surface area (Å²) in [6.45, 7) is 2.87. The summed E-state index contributed by atoms with van der Waals surface area (Å²) in [5.41, 5.74) is 0. The number of carbonyl (C=O) groups is 1. The number of carboxylic acids is 1. The Hall–Kier alpha value is -0.660. The van der Waals surface area contributed by atoms with Crippen LogP contribution in [0.4, 0.5) is 0 Å². The van der Waals surface area contributed by atoms with Crippen molar-refractivity contribution in [2.45, 2.75) is 31.7 Å². The van der Waals surface area contributed by atoms with Gasteiger partial charge in [-0.2, -0.15) is 4.31 Å². The van der Waals surface area contributed by atoms with Crippen molar-refractivity contribution in [3.63, 3.8) is 0 Å². The fourth-order valence-corrected chi connectivity index (χ4v) is 4.18. The Labute approximate surface area is 108 Å². The number of fused-ring (bicyclic) bond motifs is 1. The lowest BCUT2D eigenvalue weighted by atomic mass is 10.0. The van der Waals surface area contributed by atoms with Crippen LogP contribution in [0.25, 0.3) is 0 Å². The SMILES string of the molecule is O=C(O)CCS(=O)(=O)N1CCN2CCCCC2C1. The molecule has 0 aromatic carbocycles. The molecule has 2 aliphatic heterocycles. The summed E-state index contributed by atoms with van der Waals surface area (Å²) in [7, 11) is -3.40. The topological polar surface area (TPSA) is 77.9 Å². The van der Waals surface area contributed by atoms with Gasteiger partial charge in [-0.05, 0) is 19.4 Å². The van der Waals surface area contributed by atoms with Gasteiger partial charge in [-0.25, -0.2) is 8.42 Å². The predicted molar refractivity (Wildman–Crippen MR) is 66.8 cm³/mol. The molecular weight excluding hydrogens is 256 g/mol. The van der Waals surface area contributed by atoms with E-state index in [1.54, 1.807) is 0 Å². The van der Waals surface area contributed by atoms with Crippen LogP contribution in [0.3, 0.4) is 0 Å². The van der Waals surface area contributed by atoms with E-state index in [2.05, 4.69) is 4.90 Å². The Morgan fingerprint density at radius 1 is 1.22 bits per heavy atom. The molecule has 2 rings (SSSR count). The Bertz CT molecular complexity index is 409. The average molecular weight is 276 g/mol. The number of nitrogens with zero attached hydrogens (tertiary/aromatic N) is 2. The number of rotatable bonds is 4. The van der Waals surface area contributed by atoms with Gasteiger partial charge < -0.3 is 5.11 Å². The second-order valence-corrected chi connectivity index (χ2v) is 7.09. The van der Waals surface area contributed by atoms with Crippen molar-refractivity contribution < 1.29 is 18.3 Å². The van der Waals surface area contributed by atoms with Crippen LogP contribution in [0.2, 0.25) is 0 Å². The first-order valence-electron chi connectivity index (χ1n) is 6.43. The fourth-order valence-electron chi connectivity index (χ4n) is 2.73. The van der Waals surface area contributed by atoms with E-state index in [4.69, 9.17) is 5.11 Å². The number of hydrogen-bond acceptors (Lipinski definition) is 4. The maximum absolute atomic E-state index is 12.0. The van der Waals surface area contributed by atoms with Gasteiger partial charge in [-0.15, -0.1) is 0 Å². The first-order valence-corrected chi connectivity index (χ1v) is 8.03. The molecule has 0 amide bonds. The van der Waals surface area contributed by atoms with E-state index >= 15 is 0 Å². The average Bonchev–Trinajstić information content (AvgIpc) is 2.36. The monoisotopic (exact) mass is 276 g/mol. The van der Waals surface area contributed by atoms with Gasteiger partial charge in [0, 0.05) is 25.7 Å². The number of aliphatic carboxylic acids is 1. The smallest absolute Gasteiger partial charge is 0.304 e. The van der Waals surface area contributed by atoms with Gasteiger partial charge in [-0.1, -0.05) is 6.42 Å². The normalized spacial score (nSPS) is 26.8. The van der Waals surface area contributed by atoms with Gasteiger partial charge in [0.05, 0.1) is 12.2 Å². The van der Waals surface area contributed by atoms with E-state index in [1.807, 2.05) is 0 Å². The van der Waals surface area contributed by atoms with Crippen molar-refractivity contribution >= 4 is 16.0 Å². The highest BCUT2D eigenvalue weighted by Gasteiger charge is 2.34. The van der Waals surface area contributed by atoms with Gasteiger partial charge in [0.15, 0.2) is 0 Å². The lowest BCUT2D eigenvalue weighted by Gasteiger charge is -2.43. The highest BCUT2D eigenvalue weighted by molar-refractivity contribution is 7.89. The summed E-state index contributed by atoms with van der Waals surface area (Å²) in [5.74, 6) is -1.34. The molecule has 0 aliphatic carbocycles. The molecule has 18 heavy (non-hydrogen) atoms. The minimum Gasteiger partial charge on any atom is -0.481 e. The first kappa shape index (κ1) is 13.8. The van der Waals surface area contributed by atoms with Crippen LogP contribution >= 0.6 is 0 Å². The van der Waals surface area contributed by atoms with Gasteiger partial charge >= 0.3 is 5.97 Å². The van der Waals surface area contributed by atoms with Gasteiger partial charge in [-0.3, -0.25) is 9.69 Å². The maximum Gasteiger partial charge on any atom is 0.304 e. The van der Waals surface area contributed by atoms with E-state index in [-0.39, 0.29) is 12.2 Å². The van der Waals surface area contributed by atoms with Crippen LogP contribution < -0.4 is 0 Å². The van der Waals surface area contributed by atoms with E-state index in [9.17, 15) is 13.2 Å². The second kappa shape index (κ2) is 5.54. The number of carboxylic acid groups (broad SMARTS) is 1. The first-order chi connectivity index (χ1) is 8.49. The predicted octanol–water partition coefficient (Wildman–Crippen LogP) is -0.0390. The molecule has 2 saturated heterocycles. The largest absolute Gasteiger partial charge is 0.481 e. The Morgan fingerprint density at radius 3 is 2.72 bits per heavy atom. The van der Waals surface area contributed by atoms with Crippen LogP contribution in [0.1, 0.15) is 25.7 Å². The summed E-state index contributed by atoms with van der Waals surface area (Å²) < 4.78 is 25.5. The molecule has 1 N–H and O–H groups in total. The molecule has 2 heterocycles. The quantitative estimate of drug-likeness (QED) is 0.779. The van der Waals surface area contributed by atoms with Crippen LogP contribution in [0.15, 0.2) is 0 Å². The van der Waals surface area contributed by atoms with Crippen LogP contribution in [0.5, 0.6) is 0 Å². The Balaban J connectivity index is 1.95. The van der Waals surface area contributed by atoms with Gasteiger partial charge in [0.25, 0.3) is 0 Å². The lowest BCUT2D eigenvalue weighted by Crippen LogP contribution is -2.56. The summed E-state index contributed by atoms with van der Waals surface area (Å²) >= 11 is 0. The molecule has 1 unspecified atom stereocenters. The van der Waals surface area contributed by atoms with Crippen molar-refractivity contribution in [3.05, 3.63) is 0 Å². The summed E-state index contributed by atoms with van der Waals surface area (Å²) in [4.78, 5) is 12.8. The van der Waals surface area contributed by atoms with E-state index in [0.29, 0.717) is 19.1 Å². The number of sulfonamides is 1. The van der Waals surface area contributed by atoms with Crippen LogP contribution in [0, 0.1) is 0 Å². The molecule has 104 valence electrons. The zero-order chi connectivity index (χ0) is 13.2. The molecule has 0 radical (unpaired) electrons. The lowest BCUT2D eigenvalue weighted by molar-refractivity contribution is -0.136. The standard InChI is InChI=1S/C11H20N2O4S/c14-11(15)4-8-18(16,17)13-7-6-12-5-2-1-3-10(12)9-13/h10H,1-9H2,(H,14,15). The minimum absolute atomic E-state index is 0.283. The summed E-state index contributed by atoms with van der Waals surface area (Å²) in [5, 5.41) is 8.57. The molecule has 0 bridgehead atoms. The van der Waals surface area contributed by atoms with E-state index in [0.717, 1.165) is 25.9 Å². The maximum atomic E-state index is 12.0. The molecule has 0 aromatic rings. The highest BCUT2D eigenvalue weighted by atomic mass is 32.2. The summed E-state index contributed by atoms with van der Waals surface area (Å²) in [6.07, 6.45) is 3.09. The van der Waals surface area contributed by atoms with Gasteiger partial charge in [0.2, 0.25) is 10.0 Å². The number of hydrogen-bond donors (Lipinski definition) is 1.